The number of hydrogen-bond donors (Lipinski definition) is 5. The average Bonchev–Trinajstić information content (AvgIpc) is 3.79. The van der Waals surface area contributed by atoms with Gasteiger partial charge >= 0.3 is 0 Å². The summed E-state index contributed by atoms with van der Waals surface area (Å²) in [5.74, 6) is -1.16. The predicted octanol–water partition coefficient (Wildman–Crippen LogP) is 1.17. The number of fused-ring (bicyclic) bond motifs is 1. The van der Waals surface area contributed by atoms with E-state index < -0.39 is 84.6 Å². The van der Waals surface area contributed by atoms with Crippen LogP contribution in [-0.2, 0) is 50.7 Å². The quantitative estimate of drug-likeness (QED) is 0.0402. The number of phosphoric acid groups is 3. The normalized spacial score (nSPS) is 20.6. The van der Waals surface area contributed by atoms with Gasteiger partial charge < -0.3 is 69.0 Å². The van der Waals surface area contributed by atoms with Crippen LogP contribution < -0.4 is 35.9 Å². The Morgan fingerprint density at radius 3 is 2.31 bits per heavy atom. The van der Waals surface area contributed by atoms with Gasteiger partial charge in [0.05, 0.1) is 27.4 Å². The molecule has 1 aliphatic heterocycles. The maximum Gasteiger partial charge on any atom is 0.274 e. The second-order valence-corrected chi connectivity index (χ2v) is 20.7. The van der Waals surface area contributed by atoms with E-state index in [4.69, 9.17) is 10.5 Å². The van der Waals surface area contributed by atoms with Gasteiger partial charge in [-0.3, -0.25) is 28.1 Å². The number of phosphoric ester groups is 3. The second-order valence-electron chi connectivity index (χ2n) is 15.5. The number of allylic oxidation sites excluding steroid dienone is 4. The summed E-state index contributed by atoms with van der Waals surface area (Å²) in [5, 5.41) is 26.4. The van der Waals surface area contributed by atoms with Gasteiger partial charge in [0.25, 0.3) is 15.6 Å². The minimum absolute atomic E-state index is 0.0201. The highest BCUT2D eigenvalue weighted by atomic mass is 32.2. The summed E-state index contributed by atoms with van der Waals surface area (Å²) in [6, 6.07) is 0. The zero-order valence-corrected chi connectivity index (χ0v) is 39.8. The molecule has 0 saturated carbocycles. The number of aliphatic hydroxyl groups excluding tert-OH is 2. The highest BCUT2D eigenvalue weighted by Crippen LogP contribution is 2.56. The van der Waals surface area contributed by atoms with Crippen molar-refractivity contribution in [3.8, 4) is 0 Å². The molecule has 3 heterocycles. The molecule has 7 atom stereocenters. The van der Waals surface area contributed by atoms with Crippen molar-refractivity contribution in [2.45, 2.75) is 122 Å². The summed E-state index contributed by atoms with van der Waals surface area (Å²) in [7, 11) is -17.6. The summed E-state index contributed by atoms with van der Waals surface area (Å²) in [6.45, 7) is 2.33. The number of anilines is 1. The predicted molar refractivity (Wildman–Crippen MR) is 228 cm³/mol. The molecule has 24 nitrogen and oxygen atoms in total. The molecule has 2 aromatic heterocycles. The molecular formula is C37H58N7O17P3S-4. The van der Waals surface area contributed by atoms with Gasteiger partial charge in [-0.25, -0.2) is 19.3 Å². The number of carbonyl (C=O) groups is 3. The zero-order chi connectivity index (χ0) is 48.3. The molecule has 3 rings (SSSR count). The molecule has 0 radical (unpaired) electrons. The lowest BCUT2D eigenvalue weighted by molar-refractivity contribution is -0.347. The first-order chi connectivity index (χ1) is 30.6. The smallest absolute Gasteiger partial charge is 0.274 e. The van der Waals surface area contributed by atoms with Crippen LogP contribution in [-0.4, -0.2) is 103 Å². The molecule has 0 spiro atoms. The molecule has 0 bridgehead atoms. The first-order valence-corrected chi connectivity index (χ1v) is 26.2. The highest BCUT2D eigenvalue weighted by Gasteiger charge is 2.47. The van der Waals surface area contributed by atoms with Crippen molar-refractivity contribution in [1.82, 2.24) is 30.2 Å². The molecular weight excluding hydrogens is 939 g/mol. The van der Waals surface area contributed by atoms with Crippen LogP contribution in [0.3, 0.4) is 0 Å². The van der Waals surface area contributed by atoms with Crippen molar-refractivity contribution in [2.24, 2.45) is 5.41 Å². The number of nitrogens with zero attached hydrogens (tertiary/aromatic N) is 4. The highest BCUT2D eigenvalue weighted by molar-refractivity contribution is 8.13. The number of rotatable bonds is 31. The minimum Gasteiger partial charge on any atom is -0.790 e. The first-order valence-electron chi connectivity index (χ1n) is 20.8. The fourth-order valence-corrected chi connectivity index (χ4v) is 9.53. The third-order valence-corrected chi connectivity index (χ3v) is 13.5. The number of carbonyl (C=O) groups excluding carboxylic acids is 3. The maximum atomic E-state index is 12.6. The van der Waals surface area contributed by atoms with E-state index in [0.29, 0.717) is 12.2 Å². The van der Waals surface area contributed by atoms with Crippen LogP contribution in [0.2, 0.25) is 0 Å². The molecule has 0 aromatic carbocycles. The van der Waals surface area contributed by atoms with Gasteiger partial charge in [-0.1, -0.05) is 76.1 Å². The van der Waals surface area contributed by atoms with Crippen LogP contribution >= 0.6 is 35.2 Å². The second kappa shape index (κ2) is 27.1. The SMILES string of the molecule is CCCCC/C=C/C/C=C/CCCCCC(=O)SCCNC(=O)CCNC(=O)[C@H](O)C(C)(C)COP(=O)([O-])OP(=O)([O-])OC[C@H]1O[C@@H](n2cnc3c(N)ncnc32)[C@H](O)[C@@H]1OP(=O)([O-])[O-]. The van der Waals surface area contributed by atoms with Crippen molar-refractivity contribution in [3.63, 3.8) is 0 Å². The molecule has 6 N–H and O–H groups in total. The monoisotopic (exact) mass is 997 g/mol. The van der Waals surface area contributed by atoms with E-state index in [2.05, 4.69) is 74.7 Å². The first kappa shape index (κ1) is 56.4. The number of nitrogens with two attached hydrogens (primary N) is 1. The van der Waals surface area contributed by atoms with E-state index in [0.717, 1.165) is 67.5 Å². The van der Waals surface area contributed by atoms with Crippen LogP contribution in [0.25, 0.3) is 11.2 Å². The topological polar surface area (TPSA) is 375 Å². The van der Waals surface area contributed by atoms with Gasteiger partial charge in [-0.15, -0.1) is 0 Å². The number of nitrogens with one attached hydrogen (secondary N) is 2. The number of nitrogen functional groups attached to an aromatic ring is 1. The summed E-state index contributed by atoms with van der Waals surface area (Å²) in [4.78, 5) is 96.7. The Hall–Kier alpha value is -2.96. The Morgan fingerprint density at radius 1 is 0.954 bits per heavy atom. The fourth-order valence-electron chi connectivity index (χ4n) is 6.07. The van der Waals surface area contributed by atoms with Gasteiger partial charge in [0.1, 0.15) is 36.3 Å². The van der Waals surface area contributed by atoms with Crippen LogP contribution in [0.15, 0.2) is 37.0 Å². The van der Waals surface area contributed by atoms with Gasteiger partial charge in [0.15, 0.2) is 22.8 Å². The molecule has 1 aliphatic rings. The largest absolute Gasteiger partial charge is 0.790 e. The number of thioether (sulfide) groups is 1. The number of hydrogen-bond acceptors (Lipinski definition) is 22. The van der Waals surface area contributed by atoms with Gasteiger partial charge in [0, 0.05) is 37.1 Å². The molecule has 1 saturated heterocycles. The molecule has 2 amide bonds. The summed E-state index contributed by atoms with van der Waals surface area (Å²) < 4.78 is 60.8. The van der Waals surface area contributed by atoms with E-state index in [1.165, 1.54) is 33.1 Å². The fraction of sp³-hybridized carbons (Fsp3) is 0.676. The number of imidazole rings is 1. The Morgan fingerprint density at radius 2 is 1.63 bits per heavy atom. The van der Waals surface area contributed by atoms with E-state index in [9.17, 15) is 57.9 Å². The van der Waals surface area contributed by atoms with Gasteiger partial charge in [-0.2, -0.15) is 0 Å². The third kappa shape index (κ3) is 20.4. The zero-order valence-electron chi connectivity index (χ0n) is 36.3. The van der Waals surface area contributed by atoms with Crippen molar-refractivity contribution in [1.29, 1.82) is 0 Å². The Balaban J connectivity index is 1.34. The lowest BCUT2D eigenvalue weighted by atomic mass is 9.87. The molecule has 65 heavy (non-hydrogen) atoms. The summed E-state index contributed by atoms with van der Waals surface area (Å²) in [6.07, 6.45) is 11.1. The van der Waals surface area contributed by atoms with E-state index in [-0.39, 0.29) is 41.6 Å². The number of amides is 2. The number of aliphatic hydroxyl groups is 2. The maximum absolute atomic E-state index is 12.6. The minimum atomic E-state index is -5.92. The molecule has 28 heteroatoms. The summed E-state index contributed by atoms with van der Waals surface area (Å²) in [5.41, 5.74) is 4.08. The van der Waals surface area contributed by atoms with Crippen molar-refractivity contribution < 1.29 is 80.5 Å². The van der Waals surface area contributed by atoms with Crippen LogP contribution in [0, 0.1) is 5.41 Å². The molecule has 368 valence electrons. The lowest BCUT2D eigenvalue weighted by Crippen LogP contribution is -2.46. The van der Waals surface area contributed by atoms with Crippen LogP contribution in [0.1, 0.15) is 97.6 Å². The Kier molecular flexibility index (Phi) is 23.5. The van der Waals surface area contributed by atoms with Gasteiger partial charge in [0.2, 0.25) is 11.8 Å². The van der Waals surface area contributed by atoms with Crippen LogP contribution in [0.4, 0.5) is 5.82 Å². The number of aromatic nitrogens is 4. The van der Waals surface area contributed by atoms with E-state index in [1.54, 1.807) is 0 Å². The Bertz CT molecular complexity index is 2050. The number of unbranched alkanes of at least 4 members (excludes halogenated alkanes) is 6. The summed E-state index contributed by atoms with van der Waals surface area (Å²) >= 11 is 1.12. The Labute approximate surface area is 381 Å². The van der Waals surface area contributed by atoms with Crippen molar-refractivity contribution >= 4 is 69.1 Å². The third-order valence-electron chi connectivity index (χ3n) is 9.57. The number of ether oxygens (including phenoxy) is 1. The molecule has 1 fully saturated rings. The van der Waals surface area contributed by atoms with Crippen LogP contribution in [0.5, 0.6) is 0 Å². The van der Waals surface area contributed by atoms with E-state index >= 15 is 0 Å². The van der Waals surface area contributed by atoms with Crippen molar-refractivity contribution in [2.75, 3.05) is 37.8 Å². The molecule has 0 aliphatic carbocycles. The standard InChI is InChI=1S/C37H62N7O17P3S/c1-4-5-6-7-8-9-10-11-12-13-14-15-16-17-28(46)65-21-20-39-27(45)18-19-40-35(49)32(48)37(2,3)23-58-64(55,56)61-63(53,54)57-22-26-31(60-62(50,51)52)30(47)36(59-26)44-25-43-29-33(38)41-24-42-34(29)44/h8-9,11-12,24-26,30-32,36,47-48H,4-7,10,13-23H2,1-3H3,(H,39,45)(H,40,49)(H,53,54)(H,55,56)(H2,38,41,42)(H2,50,51,52)/p-4/b9-8+,12-11+/t26-,30-,31-,32+,36-/m1/s1. The molecule has 2 aromatic rings. The molecule has 2 unspecified atom stereocenters. The lowest BCUT2D eigenvalue weighted by Gasteiger charge is -2.36. The average molecular weight is 998 g/mol. The van der Waals surface area contributed by atoms with Gasteiger partial charge in [-0.05, 0) is 38.5 Å². The van der Waals surface area contributed by atoms with Crippen molar-refractivity contribution in [3.05, 3.63) is 37.0 Å². The van der Waals surface area contributed by atoms with E-state index in [1.807, 2.05) is 0 Å².